The van der Waals surface area contributed by atoms with Gasteiger partial charge in [0.05, 0.1) is 18.0 Å². The van der Waals surface area contributed by atoms with Gasteiger partial charge in [-0.25, -0.2) is 0 Å². The highest BCUT2D eigenvalue weighted by Gasteiger charge is 2.25. The Hall–Kier alpha value is -1.33. The number of benzene rings is 1. The summed E-state index contributed by atoms with van der Waals surface area (Å²) in [5.74, 6) is 0.384. The van der Waals surface area contributed by atoms with Gasteiger partial charge in [-0.2, -0.15) is 0 Å². The van der Waals surface area contributed by atoms with E-state index >= 15 is 0 Å². The number of carbonyl (C=O) groups is 2. The zero-order valence-electron chi connectivity index (χ0n) is 10.3. The molecule has 0 fully saturated rings. The van der Waals surface area contributed by atoms with Crippen LogP contribution in [0.4, 0.5) is 5.69 Å². The third-order valence-electron chi connectivity index (χ3n) is 2.78. The van der Waals surface area contributed by atoms with E-state index in [0.29, 0.717) is 12.3 Å². The molecule has 0 radical (unpaired) electrons. The predicted molar refractivity (Wildman–Crippen MR) is 73.0 cm³/mol. The highest BCUT2D eigenvalue weighted by molar-refractivity contribution is 8.00. The maximum Gasteiger partial charge on any atom is 0.237 e. The lowest BCUT2D eigenvalue weighted by atomic mass is 10.1. The van der Waals surface area contributed by atoms with Crippen molar-refractivity contribution in [2.75, 3.05) is 23.7 Å². The zero-order chi connectivity index (χ0) is 13.1. The fraction of sp³-hybridized carbons (Fsp3) is 0.385. The van der Waals surface area contributed by atoms with E-state index in [0.717, 1.165) is 22.6 Å². The van der Waals surface area contributed by atoms with E-state index < -0.39 is 0 Å². The van der Waals surface area contributed by atoms with Gasteiger partial charge in [0.25, 0.3) is 0 Å². The molecule has 2 rings (SSSR count). The summed E-state index contributed by atoms with van der Waals surface area (Å²) in [5, 5.41) is 0. The maximum absolute atomic E-state index is 11.9. The van der Waals surface area contributed by atoms with Gasteiger partial charge in [-0.3, -0.25) is 9.59 Å². The van der Waals surface area contributed by atoms with E-state index in [2.05, 4.69) is 0 Å². The van der Waals surface area contributed by atoms with Gasteiger partial charge in [-0.05, 0) is 37.6 Å². The zero-order valence-corrected chi connectivity index (χ0v) is 11.1. The topological polar surface area (TPSA) is 63.4 Å². The quantitative estimate of drug-likeness (QED) is 0.888. The van der Waals surface area contributed by atoms with Gasteiger partial charge >= 0.3 is 0 Å². The SMILES string of the molecule is CC(=O)CN1C(=O)CSc2ccc(CCN)cc21. The van der Waals surface area contributed by atoms with Crippen molar-refractivity contribution in [1.82, 2.24) is 0 Å². The van der Waals surface area contributed by atoms with Gasteiger partial charge in [0, 0.05) is 4.90 Å². The van der Waals surface area contributed by atoms with E-state index in [9.17, 15) is 9.59 Å². The Balaban J connectivity index is 2.36. The van der Waals surface area contributed by atoms with Crippen LogP contribution in [0.25, 0.3) is 0 Å². The molecule has 0 aromatic heterocycles. The van der Waals surface area contributed by atoms with E-state index in [1.165, 1.54) is 18.7 Å². The molecule has 1 aromatic carbocycles. The van der Waals surface area contributed by atoms with Gasteiger partial charge in [0.1, 0.15) is 5.78 Å². The predicted octanol–water partition coefficient (Wildman–Crippen LogP) is 1.22. The number of nitrogens with two attached hydrogens (primary N) is 1. The Labute approximate surface area is 111 Å². The van der Waals surface area contributed by atoms with Crippen LogP contribution in [-0.4, -0.2) is 30.5 Å². The third kappa shape index (κ3) is 2.73. The summed E-state index contributed by atoms with van der Waals surface area (Å²) in [6, 6.07) is 6.00. The van der Waals surface area contributed by atoms with Crippen LogP contribution in [0.2, 0.25) is 0 Å². The summed E-state index contributed by atoms with van der Waals surface area (Å²) in [6.07, 6.45) is 0.778. The van der Waals surface area contributed by atoms with Crippen LogP contribution in [0.3, 0.4) is 0 Å². The molecule has 0 saturated carbocycles. The number of hydrogen-bond donors (Lipinski definition) is 1. The van der Waals surface area contributed by atoms with Crippen LogP contribution in [0, 0.1) is 0 Å². The van der Waals surface area contributed by atoms with Crippen LogP contribution in [0.15, 0.2) is 23.1 Å². The molecule has 1 amide bonds. The van der Waals surface area contributed by atoms with Gasteiger partial charge in [-0.15, -0.1) is 11.8 Å². The number of ketones is 1. The Morgan fingerprint density at radius 1 is 1.50 bits per heavy atom. The van der Waals surface area contributed by atoms with Crippen molar-refractivity contribution in [2.24, 2.45) is 5.73 Å². The lowest BCUT2D eigenvalue weighted by molar-refractivity contribution is -0.120. The minimum atomic E-state index is -0.00886. The first kappa shape index (κ1) is 13.1. The van der Waals surface area contributed by atoms with Gasteiger partial charge in [0.15, 0.2) is 0 Å². The lowest BCUT2D eigenvalue weighted by Gasteiger charge is -2.28. The summed E-state index contributed by atoms with van der Waals surface area (Å²) in [7, 11) is 0. The molecule has 0 atom stereocenters. The van der Waals surface area contributed by atoms with Crippen LogP contribution in [-0.2, 0) is 16.0 Å². The number of anilines is 1. The summed E-state index contributed by atoms with van der Waals surface area (Å²) in [5.41, 5.74) is 7.48. The summed E-state index contributed by atoms with van der Waals surface area (Å²) < 4.78 is 0. The molecule has 1 heterocycles. The average molecular weight is 264 g/mol. The Morgan fingerprint density at radius 3 is 2.94 bits per heavy atom. The molecular formula is C13H16N2O2S. The van der Waals surface area contributed by atoms with Crippen molar-refractivity contribution in [3.05, 3.63) is 23.8 Å². The standard InChI is InChI=1S/C13H16N2O2S/c1-9(16)7-15-11-6-10(4-5-14)2-3-12(11)18-8-13(15)17/h2-3,6H,4-5,7-8,14H2,1H3. The molecule has 2 N–H and O–H groups in total. The Kier molecular flexibility index (Phi) is 4.04. The number of thioether (sulfide) groups is 1. The fourth-order valence-corrected chi connectivity index (χ4v) is 2.88. The second-order valence-electron chi connectivity index (χ2n) is 4.31. The number of carbonyl (C=O) groups excluding carboxylic acids is 2. The molecule has 18 heavy (non-hydrogen) atoms. The first-order valence-corrected chi connectivity index (χ1v) is 6.86. The fourth-order valence-electron chi connectivity index (χ4n) is 1.97. The molecule has 5 heteroatoms. The number of nitrogens with zero attached hydrogens (tertiary/aromatic N) is 1. The van der Waals surface area contributed by atoms with Crippen LogP contribution in [0.1, 0.15) is 12.5 Å². The number of fused-ring (bicyclic) bond motifs is 1. The highest BCUT2D eigenvalue weighted by Crippen LogP contribution is 2.35. The van der Waals surface area contributed by atoms with Crippen molar-refractivity contribution in [2.45, 2.75) is 18.2 Å². The van der Waals surface area contributed by atoms with Crippen LogP contribution < -0.4 is 10.6 Å². The van der Waals surface area contributed by atoms with E-state index in [4.69, 9.17) is 5.73 Å². The van der Waals surface area contributed by atoms with Crippen molar-refractivity contribution in [3.8, 4) is 0 Å². The average Bonchev–Trinajstić information content (AvgIpc) is 2.33. The smallest absolute Gasteiger partial charge is 0.237 e. The molecule has 1 aliphatic heterocycles. The summed E-state index contributed by atoms with van der Waals surface area (Å²) >= 11 is 1.52. The van der Waals surface area contributed by atoms with Crippen LogP contribution >= 0.6 is 11.8 Å². The summed E-state index contributed by atoms with van der Waals surface area (Å²) in [4.78, 5) is 25.8. The van der Waals surface area contributed by atoms with Gasteiger partial charge in [0.2, 0.25) is 5.91 Å². The summed E-state index contributed by atoms with van der Waals surface area (Å²) in [6.45, 7) is 2.23. The Morgan fingerprint density at radius 2 is 2.28 bits per heavy atom. The monoisotopic (exact) mass is 264 g/mol. The van der Waals surface area contributed by atoms with E-state index in [1.54, 1.807) is 4.90 Å². The molecule has 0 saturated heterocycles. The van der Waals surface area contributed by atoms with Gasteiger partial charge < -0.3 is 10.6 Å². The molecule has 0 unspecified atom stereocenters. The molecule has 0 spiro atoms. The normalized spacial score (nSPS) is 14.6. The molecule has 1 aromatic rings. The molecule has 0 bridgehead atoms. The minimum absolute atomic E-state index is 0.00685. The van der Waals surface area contributed by atoms with Crippen molar-refractivity contribution < 1.29 is 9.59 Å². The largest absolute Gasteiger partial charge is 0.330 e. The molecule has 4 nitrogen and oxygen atoms in total. The van der Waals surface area contributed by atoms with Crippen molar-refractivity contribution in [3.63, 3.8) is 0 Å². The molecule has 1 aliphatic rings. The Bertz CT molecular complexity index is 488. The van der Waals surface area contributed by atoms with E-state index in [-0.39, 0.29) is 18.2 Å². The van der Waals surface area contributed by atoms with Crippen molar-refractivity contribution >= 4 is 29.1 Å². The molecular weight excluding hydrogens is 248 g/mol. The second kappa shape index (κ2) is 5.54. The number of Topliss-reactive ketones (excluding diaryl/α,β-unsaturated/α-hetero) is 1. The van der Waals surface area contributed by atoms with Gasteiger partial charge in [-0.1, -0.05) is 6.07 Å². The maximum atomic E-state index is 11.9. The second-order valence-corrected chi connectivity index (χ2v) is 5.33. The van der Waals surface area contributed by atoms with E-state index in [1.807, 2.05) is 18.2 Å². The molecule has 96 valence electrons. The first-order chi connectivity index (χ1) is 8.61. The third-order valence-corrected chi connectivity index (χ3v) is 3.83. The highest BCUT2D eigenvalue weighted by atomic mass is 32.2. The van der Waals surface area contributed by atoms with Crippen LogP contribution in [0.5, 0.6) is 0 Å². The van der Waals surface area contributed by atoms with Crippen molar-refractivity contribution in [1.29, 1.82) is 0 Å². The number of amides is 1. The first-order valence-electron chi connectivity index (χ1n) is 5.87. The lowest BCUT2D eigenvalue weighted by Crippen LogP contribution is -2.38. The molecule has 0 aliphatic carbocycles. The minimum Gasteiger partial charge on any atom is -0.330 e. The number of rotatable bonds is 4. The number of hydrogen-bond acceptors (Lipinski definition) is 4.